The number of Topliss-reactive ketones (excluding diaryl/α,β-unsaturated/α-hetero) is 1. The molecule has 1 aromatic heterocycles. The smallest absolute Gasteiger partial charge is 0.305 e. The molecule has 0 aliphatic rings. The van der Waals surface area contributed by atoms with Gasteiger partial charge in [-0.05, 0) is 32.8 Å². The highest BCUT2D eigenvalue weighted by Gasteiger charge is 2.15. The maximum Gasteiger partial charge on any atom is 0.305 e. The van der Waals surface area contributed by atoms with E-state index in [2.05, 4.69) is 9.72 Å². The molecule has 0 amide bonds. The van der Waals surface area contributed by atoms with E-state index >= 15 is 0 Å². The first kappa shape index (κ1) is 12.5. The number of esters is 1. The number of carbonyl (C=O) groups is 2. The fraction of sp³-hybridized carbons (Fsp3) is 0.500. The second-order valence-corrected chi connectivity index (χ2v) is 3.86. The molecule has 0 saturated heterocycles. The molecule has 0 saturated carbocycles. The van der Waals surface area contributed by atoms with Crippen LogP contribution in [0.15, 0.2) is 0 Å². The summed E-state index contributed by atoms with van der Waals surface area (Å²) in [7, 11) is 1.37. The highest BCUT2D eigenvalue weighted by Crippen LogP contribution is 2.19. The maximum atomic E-state index is 11.4. The third-order valence-corrected chi connectivity index (χ3v) is 2.70. The van der Waals surface area contributed by atoms with Crippen LogP contribution in [-0.2, 0) is 16.0 Å². The first-order valence-electron chi connectivity index (χ1n) is 5.23. The molecule has 1 aromatic rings. The van der Waals surface area contributed by atoms with E-state index in [-0.39, 0.29) is 11.8 Å². The summed E-state index contributed by atoms with van der Waals surface area (Å²) in [4.78, 5) is 25.5. The van der Waals surface area contributed by atoms with Gasteiger partial charge in [0, 0.05) is 17.0 Å². The van der Waals surface area contributed by atoms with Crippen molar-refractivity contribution in [3.63, 3.8) is 0 Å². The van der Waals surface area contributed by atoms with Gasteiger partial charge in [-0.25, -0.2) is 0 Å². The number of ether oxygens (including phenoxy) is 1. The minimum Gasteiger partial charge on any atom is -0.469 e. The van der Waals surface area contributed by atoms with Crippen LogP contribution in [0.5, 0.6) is 0 Å². The van der Waals surface area contributed by atoms with Crippen molar-refractivity contribution in [2.75, 3.05) is 7.11 Å². The highest BCUT2D eigenvalue weighted by atomic mass is 16.5. The Balaban J connectivity index is 2.87. The molecular weight excluding hydrogens is 206 g/mol. The number of nitrogens with one attached hydrogen (secondary N) is 1. The van der Waals surface area contributed by atoms with Crippen LogP contribution in [0.3, 0.4) is 0 Å². The Labute approximate surface area is 95.0 Å². The first-order chi connectivity index (χ1) is 7.47. The summed E-state index contributed by atoms with van der Waals surface area (Å²) in [5.41, 5.74) is 3.48. The Morgan fingerprint density at radius 1 is 1.31 bits per heavy atom. The van der Waals surface area contributed by atoms with Crippen molar-refractivity contribution in [1.82, 2.24) is 4.98 Å². The van der Waals surface area contributed by atoms with Crippen molar-refractivity contribution in [2.45, 2.75) is 33.6 Å². The monoisotopic (exact) mass is 223 g/mol. The maximum absolute atomic E-state index is 11.4. The Morgan fingerprint density at radius 2 is 1.94 bits per heavy atom. The SMILES string of the molecule is COC(=O)CCc1[nH]c(C)c(C(C)=O)c1C. The van der Waals surface area contributed by atoms with Gasteiger partial charge in [-0.3, -0.25) is 9.59 Å². The molecule has 0 radical (unpaired) electrons. The second kappa shape index (κ2) is 4.96. The standard InChI is InChI=1S/C12H17NO3/c1-7-10(5-6-11(15)16-4)13-8(2)12(7)9(3)14/h13H,5-6H2,1-4H3. The fourth-order valence-electron chi connectivity index (χ4n) is 1.92. The number of rotatable bonds is 4. The topological polar surface area (TPSA) is 59.2 Å². The molecule has 88 valence electrons. The quantitative estimate of drug-likeness (QED) is 0.626. The lowest BCUT2D eigenvalue weighted by atomic mass is 10.1. The summed E-state index contributed by atoms with van der Waals surface area (Å²) in [6.07, 6.45) is 0.904. The van der Waals surface area contributed by atoms with Gasteiger partial charge in [0.1, 0.15) is 0 Å². The van der Waals surface area contributed by atoms with Crippen molar-refractivity contribution < 1.29 is 14.3 Å². The summed E-state index contributed by atoms with van der Waals surface area (Å²) in [5.74, 6) is -0.188. The predicted molar refractivity (Wildman–Crippen MR) is 60.6 cm³/mol. The van der Waals surface area contributed by atoms with E-state index in [1.165, 1.54) is 7.11 Å². The van der Waals surface area contributed by atoms with Gasteiger partial charge in [0.2, 0.25) is 0 Å². The fourth-order valence-corrected chi connectivity index (χ4v) is 1.92. The number of aromatic nitrogens is 1. The molecular formula is C12H17NO3. The summed E-state index contributed by atoms with van der Waals surface area (Å²) in [6.45, 7) is 5.31. The van der Waals surface area contributed by atoms with Gasteiger partial charge in [-0.1, -0.05) is 0 Å². The molecule has 16 heavy (non-hydrogen) atoms. The van der Waals surface area contributed by atoms with E-state index in [4.69, 9.17) is 0 Å². The van der Waals surface area contributed by atoms with Gasteiger partial charge in [0.05, 0.1) is 13.5 Å². The Morgan fingerprint density at radius 3 is 2.38 bits per heavy atom. The predicted octanol–water partition coefficient (Wildman–Crippen LogP) is 1.94. The van der Waals surface area contributed by atoms with E-state index < -0.39 is 0 Å². The molecule has 4 nitrogen and oxygen atoms in total. The largest absolute Gasteiger partial charge is 0.469 e. The molecule has 1 heterocycles. The number of ketones is 1. The minimum atomic E-state index is -0.240. The molecule has 4 heteroatoms. The zero-order chi connectivity index (χ0) is 12.3. The van der Waals surface area contributed by atoms with E-state index in [1.807, 2.05) is 13.8 Å². The van der Waals surface area contributed by atoms with E-state index in [0.717, 1.165) is 22.5 Å². The average molecular weight is 223 g/mol. The van der Waals surface area contributed by atoms with Gasteiger partial charge in [-0.2, -0.15) is 0 Å². The van der Waals surface area contributed by atoms with E-state index in [0.29, 0.717) is 12.8 Å². The number of hydrogen-bond donors (Lipinski definition) is 1. The van der Waals surface area contributed by atoms with Gasteiger partial charge < -0.3 is 9.72 Å². The van der Waals surface area contributed by atoms with E-state index in [1.54, 1.807) is 6.92 Å². The lowest BCUT2D eigenvalue weighted by molar-refractivity contribution is -0.140. The van der Waals surface area contributed by atoms with Crippen molar-refractivity contribution in [3.05, 3.63) is 22.5 Å². The van der Waals surface area contributed by atoms with Gasteiger partial charge in [0.25, 0.3) is 0 Å². The molecule has 0 aromatic carbocycles. The highest BCUT2D eigenvalue weighted by molar-refractivity contribution is 5.97. The molecule has 0 unspecified atom stereocenters. The number of H-pyrrole nitrogens is 1. The van der Waals surface area contributed by atoms with Gasteiger partial charge in [-0.15, -0.1) is 0 Å². The van der Waals surface area contributed by atoms with Crippen LogP contribution >= 0.6 is 0 Å². The van der Waals surface area contributed by atoms with Gasteiger partial charge in [0.15, 0.2) is 5.78 Å². The lowest BCUT2D eigenvalue weighted by Gasteiger charge is -2.00. The molecule has 1 N–H and O–H groups in total. The zero-order valence-electron chi connectivity index (χ0n) is 10.1. The summed E-state index contributed by atoms with van der Waals surface area (Å²) in [5, 5.41) is 0. The average Bonchev–Trinajstić information content (AvgIpc) is 2.50. The number of aryl methyl sites for hydroxylation is 2. The summed E-state index contributed by atoms with van der Waals surface area (Å²) in [6, 6.07) is 0. The Bertz CT molecular complexity index is 418. The van der Waals surface area contributed by atoms with Crippen LogP contribution in [0, 0.1) is 13.8 Å². The molecule has 1 rings (SSSR count). The third-order valence-electron chi connectivity index (χ3n) is 2.70. The van der Waals surface area contributed by atoms with Gasteiger partial charge >= 0.3 is 5.97 Å². The molecule has 0 bridgehead atoms. The zero-order valence-corrected chi connectivity index (χ0v) is 10.1. The molecule has 0 fully saturated rings. The van der Waals surface area contributed by atoms with Crippen LogP contribution in [0.25, 0.3) is 0 Å². The normalized spacial score (nSPS) is 10.2. The molecule has 0 aliphatic carbocycles. The second-order valence-electron chi connectivity index (χ2n) is 3.86. The Kier molecular flexibility index (Phi) is 3.88. The molecule has 0 aliphatic heterocycles. The number of carbonyl (C=O) groups excluding carboxylic acids is 2. The minimum absolute atomic E-state index is 0.0515. The van der Waals surface area contributed by atoms with E-state index in [9.17, 15) is 9.59 Å². The number of hydrogen-bond acceptors (Lipinski definition) is 3. The lowest BCUT2D eigenvalue weighted by Crippen LogP contribution is -2.03. The Hall–Kier alpha value is -1.58. The summed E-state index contributed by atoms with van der Waals surface area (Å²) < 4.78 is 4.58. The summed E-state index contributed by atoms with van der Waals surface area (Å²) >= 11 is 0. The number of aromatic amines is 1. The van der Waals surface area contributed by atoms with Crippen molar-refractivity contribution in [2.24, 2.45) is 0 Å². The van der Waals surface area contributed by atoms with Crippen molar-refractivity contribution in [1.29, 1.82) is 0 Å². The van der Waals surface area contributed by atoms with Crippen LogP contribution in [0.2, 0.25) is 0 Å². The van der Waals surface area contributed by atoms with Crippen LogP contribution in [-0.4, -0.2) is 23.8 Å². The van der Waals surface area contributed by atoms with Crippen LogP contribution in [0.1, 0.15) is 40.7 Å². The van der Waals surface area contributed by atoms with Crippen LogP contribution in [0.4, 0.5) is 0 Å². The van der Waals surface area contributed by atoms with Crippen molar-refractivity contribution >= 4 is 11.8 Å². The third kappa shape index (κ3) is 2.51. The molecule has 0 spiro atoms. The first-order valence-corrected chi connectivity index (χ1v) is 5.23. The number of methoxy groups -OCH3 is 1. The van der Waals surface area contributed by atoms with Crippen LogP contribution < -0.4 is 0 Å². The van der Waals surface area contributed by atoms with Crippen molar-refractivity contribution in [3.8, 4) is 0 Å². The molecule has 0 atom stereocenters.